The maximum Gasteiger partial charge on any atom is 0.266 e. The van der Waals surface area contributed by atoms with Gasteiger partial charge in [0, 0.05) is 25.8 Å². The number of para-hydroxylation sites is 1. The Kier molecular flexibility index (Phi) is 9.66. The first-order valence-electron chi connectivity index (χ1n) is 14.0. The first-order valence-corrected chi connectivity index (χ1v) is 14.0. The molecule has 4 rings (SSSR count). The Labute approximate surface area is 231 Å². The predicted octanol–water partition coefficient (Wildman–Crippen LogP) is 6.67. The van der Waals surface area contributed by atoms with Crippen LogP contribution in [0.15, 0.2) is 77.6 Å². The number of carbonyl (C=O) groups is 1. The largest absolute Gasteiger partial charge is 0.385 e. The van der Waals surface area contributed by atoms with E-state index < -0.39 is 6.04 Å². The smallest absolute Gasteiger partial charge is 0.266 e. The van der Waals surface area contributed by atoms with Crippen molar-refractivity contribution in [3.63, 3.8) is 0 Å². The number of aromatic nitrogens is 2. The van der Waals surface area contributed by atoms with E-state index in [2.05, 4.69) is 6.92 Å². The fourth-order valence-electron chi connectivity index (χ4n) is 5.00. The fraction of sp³-hybridized carbons (Fsp3) is 0.364. The van der Waals surface area contributed by atoms with Crippen LogP contribution >= 0.6 is 0 Å². The Hall–Kier alpha value is -3.77. The Bertz CT molecular complexity index is 1440. The summed E-state index contributed by atoms with van der Waals surface area (Å²) in [5.74, 6) is 0.494. The molecular formula is C33H39N3O3. The third-order valence-corrected chi connectivity index (χ3v) is 7.18. The van der Waals surface area contributed by atoms with Gasteiger partial charge in [0.1, 0.15) is 5.82 Å². The molecule has 0 radical (unpaired) electrons. The summed E-state index contributed by atoms with van der Waals surface area (Å²) < 4.78 is 7.00. The number of nitrogens with zero attached hydrogens (tertiary/aromatic N) is 3. The lowest BCUT2D eigenvalue weighted by Crippen LogP contribution is -2.39. The van der Waals surface area contributed by atoms with Gasteiger partial charge in [0.25, 0.3) is 11.5 Å². The van der Waals surface area contributed by atoms with E-state index in [0.29, 0.717) is 48.3 Å². The predicted molar refractivity (Wildman–Crippen MR) is 158 cm³/mol. The molecule has 6 nitrogen and oxygen atoms in total. The van der Waals surface area contributed by atoms with E-state index in [4.69, 9.17) is 9.72 Å². The molecule has 3 aromatic carbocycles. The van der Waals surface area contributed by atoms with E-state index in [1.54, 1.807) is 11.7 Å². The topological polar surface area (TPSA) is 64.4 Å². The van der Waals surface area contributed by atoms with Crippen molar-refractivity contribution in [1.82, 2.24) is 14.5 Å². The molecule has 0 spiro atoms. The summed E-state index contributed by atoms with van der Waals surface area (Å²) in [5.41, 5.74) is 4.20. The second-order valence-electron chi connectivity index (χ2n) is 10.0. The first-order chi connectivity index (χ1) is 19.0. The van der Waals surface area contributed by atoms with Gasteiger partial charge in [0.15, 0.2) is 0 Å². The number of aryl methyl sites for hydroxylation is 2. The standard InChI is InChI=1S/C33H39N3O3/c1-5-7-11-25-16-18-26(19-17-25)32(37)35(22-10-23-39-4)30(6-2)31-34-29-13-9-8-12-28(29)33(38)36(31)27-20-14-24(3)15-21-27/h8-9,12-21,30H,5-7,10-11,22-23H2,1-4H3. The van der Waals surface area contributed by atoms with Gasteiger partial charge in [0.2, 0.25) is 0 Å². The maximum atomic E-state index is 14.0. The third kappa shape index (κ3) is 6.45. The quantitative estimate of drug-likeness (QED) is 0.194. The van der Waals surface area contributed by atoms with Crippen LogP contribution < -0.4 is 5.56 Å². The molecule has 1 atom stereocenters. The molecule has 1 unspecified atom stereocenters. The van der Waals surface area contributed by atoms with Gasteiger partial charge in [-0.3, -0.25) is 14.2 Å². The van der Waals surface area contributed by atoms with E-state index in [-0.39, 0.29) is 11.5 Å². The molecule has 204 valence electrons. The molecule has 4 aromatic rings. The Morgan fingerprint density at radius 1 is 0.974 bits per heavy atom. The third-order valence-electron chi connectivity index (χ3n) is 7.18. The van der Waals surface area contributed by atoms with Crippen molar-refractivity contribution in [2.75, 3.05) is 20.3 Å². The molecule has 39 heavy (non-hydrogen) atoms. The minimum Gasteiger partial charge on any atom is -0.385 e. The van der Waals surface area contributed by atoms with Crippen LogP contribution in [0.25, 0.3) is 16.6 Å². The zero-order valence-electron chi connectivity index (χ0n) is 23.5. The normalized spacial score (nSPS) is 12.0. The summed E-state index contributed by atoms with van der Waals surface area (Å²) in [4.78, 5) is 34.8. The molecule has 0 bridgehead atoms. The SMILES string of the molecule is CCCCc1ccc(C(=O)N(CCCOC)C(CC)c2nc3ccccc3c(=O)n2-c2ccc(C)cc2)cc1. The van der Waals surface area contributed by atoms with Gasteiger partial charge in [-0.05, 0) is 74.6 Å². The van der Waals surface area contributed by atoms with Crippen LogP contribution in [-0.2, 0) is 11.2 Å². The average molecular weight is 526 g/mol. The minimum atomic E-state index is -0.410. The van der Waals surface area contributed by atoms with E-state index in [9.17, 15) is 9.59 Å². The van der Waals surface area contributed by atoms with Crippen molar-refractivity contribution in [2.45, 2.75) is 58.9 Å². The fourth-order valence-corrected chi connectivity index (χ4v) is 5.00. The van der Waals surface area contributed by atoms with Crippen molar-refractivity contribution in [2.24, 2.45) is 0 Å². The number of fused-ring (bicyclic) bond motifs is 1. The lowest BCUT2D eigenvalue weighted by atomic mass is 10.0. The number of methoxy groups -OCH3 is 1. The Morgan fingerprint density at radius 2 is 1.69 bits per heavy atom. The van der Waals surface area contributed by atoms with Gasteiger partial charge in [-0.2, -0.15) is 0 Å². The molecule has 0 aliphatic heterocycles. The summed E-state index contributed by atoms with van der Waals surface area (Å²) in [6.45, 7) is 7.25. The second kappa shape index (κ2) is 13.3. The summed E-state index contributed by atoms with van der Waals surface area (Å²) in [5, 5.41) is 0.552. The van der Waals surface area contributed by atoms with E-state index >= 15 is 0 Å². The molecule has 0 aliphatic carbocycles. The zero-order valence-corrected chi connectivity index (χ0v) is 23.5. The van der Waals surface area contributed by atoms with Gasteiger partial charge < -0.3 is 9.64 Å². The van der Waals surface area contributed by atoms with Crippen LogP contribution in [0.3, 0.4) is 0 Å². The number of hydrogen-bond donors (Lipinski definition) is 0. The second-order valence-corrected chi connectivity index (χ2v) is 10.0. The highest BCUT2D eigenvalue weighted by molar-refractivity contribution is 5.94. The van der Waals surface area contributed by atoms with Gasteiger partial charge in [-0.15, -0.1) is 0 Å². The lowest BCUT2D eigenvalue weighted by molar-refractivity contribution is 0.0634. The van der Waals surface area contributed by atoms with Crippen LogP contribution in [0.2, 0.25) is 0 Å². The molecule has 1 heterocycles. The number of ether oxygens (including phenoxy) is 1. The number of unbranched alkanes of at least 4 members (excludes halogenated alkanes) is 1. The van der Waals surface area contributed by atoms with E-state index in [1.807, 2.05) is 91.5 Å². The number of rotatable bonds is 12. The van der Waals surface area contributed by atoms with Crippen LogP contribution in [0.1, 0.15) is 72.9 Å². The molecular weight excluding hydrogens is 486 g/mol. The van der Waals surface area contributed by atoms with Crippen LogP contribution in [0.5, 0.6) is 0 Å². The van der Waals surface area contributed by atoms with Gasteiger partial charge in [0.05, 0.1) is 22.6 Å². The van der Waals surface area contributed by atoms with Crippen LogP contribution in [-0.4, -0.2) is 40.6 Å². The minimum absolute atomic E-state index is 0.0714. The van der Waals surface area contributed by atoms with Crippen molar-refractivity contribution < 1.29 is 9.53 Å². The number of benzene rings is 3. The summed E-state index contributed by atoms with van der Waals surface area (Å²) in [6.07, 6.45) is 4.54. The zero-order chi connectivity index (χ0) is 27.8. The van der Waals surface area contributed by atoms with E-state index in [0.717, 1.165) is 30.5 Å². The maximum absolute atomic E-state index is 14.0. The molecule has 1 aromatic heterocycles. The van der Waals surface area contributed by atoms with Crippen molar-refractivity contribution in [1.29, 1.82) is 0 Å². The van der Waals surface area contributed by atoms with Gasteiger partial charge >= 0.3 is 0 Å². The summed E-state index contributed by atoms with van der Waals surface area (Å²) in [7, 11) is 1.67. The van der Waals surface area contributed by atoms with Crippen molar-refractivity contribution in [3.8, 4) is 5.69 Å². The lowest BCUT2D eigenvalue weighted by Gasteiger charge is -2.32. The summed E-state index contributed by atoms with van der Waals surface area (Å²) in [6, 6.07) is 22.8. The highest BCUT2D eigenvalue weighted by Crippen LogP contribution is 2.28. The van der Waals surface area contributed by atoms with Crippen LogP contribution in [0, 0.1) is 6.92 Å². The highest BCUT2D eigenvalue weighted by atomic mass is 16.5. The number of carbonyl (C=O) groups excluding carboxylic acids is 1. The van der Waals surface area contributed by atoms with Crippen LogP contribution in [0.4, 0.5) is 0 Å². The van der Waals surface area contributed by atoms with Crippen molar-refractivity contribution in [3.05, 3.63) is 106 Å². The molecule has 0 fully saturated rings. The Balaban J connectivity index is 1.84. The van der Waals surface area contributed by atoms with Gasteiger partial charge in [-0.25, -0.2) is 4.98 Å². The highest BCUT2D eigenvalue weighted by Gasteiger charge is 2.29. The molecule has 0 saturated carbocycles. The Morgan fingerprint density at radius 3 is 2.36 bits per heavy atom. The first kappa shape index (κ1) is 28.2. The number of amides is 1. The average Bonchev–Trinajstić information content (AvgIpc) is 2.96. The molecule has 0 aliphatic rings. The molecule has 6 heteroatoms. The monoisotopic (exact) mass is 525 g/mol. The summed E-state index contributed by atoms with van der Waals surface area (Å²) >= 11 is 0. The molecule has 0 N–H and O–H groups in total. The van der Waals surface area contributed by atoms with Crippen molar-refractivity contribution >= 4 is 16.8 Å². The number of hydrogen-bond acceptors (Lipinski definition) is 4. The van der Waals surface area contributed by atoms with E-state index in [1.165, 1.54) is 5.56 Å². The molecule has 0 saturated heterocycles. The molecule has 1 amide bonds. The van der Waals surface area contributed by atoms with Gasteiger partial charge in [-0.1, -0.05) is 62.2 Å².